The summed E-state index contributed by atoms with van der Waals surface area (Å²) in [7, 11) is -3.92. The van der Waals surface area contributed by atoms with E-state index in [1.807, 2.05) is 4.72 Å². The van der Waals surface area contributed by atoms with Gasteiger partial charge in [0.2, 0.25) is 5.91 Å². The molecule has 11 heteroatoms. The van der Waals surface area contributed by atoms with E-state index in [-0.39, 0.29) is 16.6 Å². The Morgan fingerprint density at radius 3 is 2.36 bits per heavy atom. The molecule has 0 bridgehead atoms. The summed E-state index contributed by atoms with van der Waals surface area (Å²) in [5.41, 5.74) is 0.444. The van der Waals surface area contributed by atoms with Crippen LogP contribution in [0.2, 0.25) is 5.02 Å². The zero-order valence-electron chi connectivity index (χ0n) is 14.6. The lowest BCUT2D eigenvalue weighted by Crippen LogP contribution is -2.37. The van der Waals surface area contributed by atoms with E-state index >= 15 is 0 Å². The van der Waals surface area contributed by atoms with E-state index < -0.39 is 21.8 Å². The van der Waals surface area contributed by atoms with Crippen LogP contribution in [-0.4, -0.2) is 32.0 Å². The Labute approximate surface area is 172 Å². The Morgan fingerprint density at radius 1 is 1.11 bits per heavy atom. The summed E-state index contributed by atoms with van der Waals surface area (Å²) >= 11 is 11.0. The van der Waals surface area contributed by atoms with E-state index in [0.29, 0.717) is 16.5 Å². The number of carbonyl (C=O) groups excluding carboxylic acids is 2. The van der Waals surface area contributed by atoms with Crippen LogP contribution in [0.1, 0.15) is 6.92 Å². The van der Waals surface area contributed by atoms with Crippen molar-refractivity contribution in [1.82, 2.24) is 10.0 Å². The molecule has 8 nitrogen and oxygen atoms in total. The molecule has 0 saturated carbocycles. The van der Waals surface area contributed by atoms with E-state index in [2.05, 4.69) is 10.6 Å². The van der Waals surface area contributed by atoms with Crippen LogP contribution in [0, 0.1) is 0 Å². The maximum atomic E-state index is 11.9. The van der Waals surface area contributed by atoms with Gasteiger partial charge < -0.3 is 10.1 Å². The fourth-order valence-electron chi connectivity index (χ4n) is 2.00. The molecule has 0 aliphatic rings. The first kappa shape index (κ1) is 21.6. The Balaban J connectivity index is 1.88. The highest BCUT2D eigenvalue weighted by Gasteiger charge is 2.15. The van der Waals surface area contributed by atoms with E-state index in [1.165, 1.54) is 24.3 Å². The lowest BCUT2D eigenvalue weighted by atomic mass is 10.3. The maximum Gasteiger partial charge on any atom is 0.264 e. The Kier molecular flexibility index (Phi) is 7.32. The monoisotopic (exact) mass is 441 g/mol. The van der Waals surface area contributed by atoms with Gasteiger partial charge in [-0.25, -0.2) is 13.1 Å². The van der Waals surface area contributed by atoms with E-state index in [0.717, 1.165) is 6.92 Å². The smallest absolute Gasteiger partial charge is 0.264 e. The second-order valence-corrected chi connectivity index (χ2v) is 7.91. The van der Waals surface area contributed by atoms with Gasteiger partial charge in [-0.15, -0.1) is 0 Å². The van der Waals surface area contributed by atoms with Gasteiger partial charge in [0.05, 0.1) is 9.92 Å². The van der Waals surface area contributed by atoms with Crippen molar-refractivity contribution in [2.24, 2.45) is 0 Å². The molecule has 0 heterocycles. The van der Waals surface area contributed by atoms with Gasteiger partial charge in [-0.1, -0.05) is 23.7 Å². The molecule has 2 aromatic carbocycles. The minimum absolute atomic E-state index is 0.00484. The van der Waals surface area contributed by atoms with E-state index in [4.69, 9.17) is 28.6 Å². The van der Waals surface area contributed by atoms with Crippen LogP contribution in [0.4, 0.5) is 5.69 Å². The molecule has 2 aromatic rings. The average molecular weight is 442 g/mol. The Morgan fingerprint density at radius 2 is 1.75 bits per heavy atom. The zero-order valence-corrected chi connectivity index (χ0v) is 17.0. The van der Waals surface area contributed by atoms with Crippen LogP contribution in [0.3, 0.4) is 0 Å². The largest absolute Gasteiger partial charge is 0.482 e. The predicted molar refractivity (Wildman–Crippen MR) is 109 cm³/mol. The van der Waals surface area contributed by atoms with Gasteiger partial charge in [0.1, 0.15) is 5.75 Å². The van der Waals surface area contributed by atoms with Crippen molar-refractivity contribution in [3.8, 4) is 5.75 Å². The number of nitrogens with one attached hydrogen (secondary N) is 3. The number of amides is 2. The first-order valence-corrected chi connectivity index (χ1v) is 10.1. The molecule has 148 valence electrons. The molecule has 0 spiro atoms. The standard InChI is InChI=1S/C17H16ClN3O5S2/c1-11(22)21-28(24,25)13-8-6-12(7-9-13)19-17(27)20-16(23)10-26-15-5-3-2-4-14(15)18/h2-9H,10H2,1H3,(H,21,22)(H2,19,20,23,27). The summed E-state index contributed by atoms with van der Waals surface area (Å²) in [6.45, 7) is 0.809. The summed E-state index contributed by atoms with van der Waals surface area (Å²) in [5, 5.41) is 5.55. The Bertz CT molecular complexity index is 994. The van der Waals surface area contributed by atoms with Crippen molar-refractivity contribution in [3.63, 3.8) is 0 Å². The van der Waals surface area contributed by atoms with Crippen molar-refractivity contribution in [3.05, 3.63) is 53.6 Å². The molecule has 0 aliphatic carbocycles. The number of hydrogen-bond donors (Lipinski definition) is 3. The van der Waals surface area contributed by atoms with E-state index in [1.54, 1.807) is 24.3 Å². The molecular weight excluding hydrogens is 426 g/mol. The quantitative estimate of drug-likeness (QED) is 0.588. The molecule has 0 unspecified atom stereocenters. The lowest BCUT2D eigenvalue weighted by Gasteiger charge is -2.11. The van der Waals surface area contributed by atoms with Gasteiger partial charge >= 0.3 is 0 Å². The molecule has 28 heavy (non-hydrogen) atoms. The Hall–Kier alpha value is -2.69. The second-order valence-electron chi connectivity index (χ2n) is 5.41. The van der Waals surface area contributed by atoms with Crippen LogP contribution in [0.15, 0.2) is 53.4 Å². The number of anilines is 1. The zero-order chi connectivity index (χ0) is 20.7. The molecule has 0 aromatic heterocycles. The van der Waals surface area contributed by atoms with Crippen LogP contribution in [-0.2, 0) is 19.6 Å². The van der Waals surface area contributed by atoms with Gasteiger partial charge in [0.25, 0.3) is 15.9 Å². The molecule has 2 amide bonds. The molecule has 0 aliphatic heterocycles. The number of para-hydroxylation sites is 1. The van der Waals surface area contributed by atoms with Crippen molar-refractivity contribution in [2.75, 3.05) is 11.9 Å². The minimum Gasteiger partial charge on any atom is -0.482 e. The average Bonchev–Trinajstić information content (AvgIpc) is 2.60. The highest BCUT2D eigenvalue weighted by atomic mass is 35.5. The van der Waals surface area contributed by atoms with Gasteiger partial charge in [-0.05, 0) is 48.6 Å². The summed E-state index contributed by atoms with van der Waals surface area (Å²) in [4.78, 5) is 22.7. The summed E-state index contributed by atoms with van der Waals surface area (Å²) in [5.74, 6) is -0.818. The molecule has 0 radical (unpaired) electrons. The maximum absolute atomic E-state index is 11.9. The van der Waals surface area contributed by atoms with Crippen LogP contribution >= 0.6 is 23.8 Å². The summed E-state index contributed by atoms with van der Waals surface area (Å²) in [6.07, 6.45) is 0. The number of rotatable bonds is 6. The number of sulfonamides is 1. The summed E-state index contributed by atoms with van der Waals surface area (Å²) < 4.78 is 30.9. The fraction of sp³-hybridized carbons (Fsp3) is 0.118. The molecule has 2 rings (SSSR count). The molecule has 3 N–H and O–H groups in total. The molecular formula is C17H16ClN3O5S2. The fourth-order valence-corrected chi connectivity index (χ4v) is 3.41. The molecule has 0 saturated heterocycles. The molecule has 0 atom stereocenters. The molecule has 0 fully saturated rings. The predicted octanol–water partition coefficient (Wildman–Crippen LogP) is 2.06. The number of halogens is 1. The van der Waals surface area contributed by atoms with Gasteiger partial charge in [0.15, 0.2) is 11.7 Å². The topological polar surface area (TPSA) is 114 Å². The third kappa shape index (κ3) is 6.48. The first-order chi connectivity index (χ1) is 13.2. The van der Waals surface area contributed by atoms with Crippen molar-refractivity contribution < 1.29 is 22.7 Å². The van der Waals surface area contributed by atoms with E-state index in [9.17, 15) is 18.0 Å². The minimum atomic E-state index is -3.92. The van der Waals surface area contributed by atoms with Crippen molar-refractivity contribution in [1.29, 1.82) is 0 Å². The van der Waals surface area contributed by atoms with Gasteiger partial charge in [-0.2, -0.15) is 0 Å². The van der Waals surface area contributed by atoms with Crippen LogP contribution in [0.5, 0.6) is 5.75 Å². The van der Waals surface area contributed by atoms with Crippen LogP contribution in [0.25, 0.3) is 0 Å². The SMILES string of the molecule is CC(=O)NS(=O)(=O)c1ccc(NC(=S)NC(=O)COc2ccccc2Cl)cc1. The van der Waals surface area contributed by atoms with Gasteiger partial charge in [-0.3, -0.25) is 14.9 Å². The highest BCUT2D eigenvalue weighted by Crippen LogP contribution is 2.22. The number of hydrogen-bond acceptors (Lipinski definition) is 6. The second kappa shape index (κ2) is 9.49. The lowest BCUT2D eigenvalue weighted by molar-refractivity contribution is -0.121. The normalized spacial score (nSPS) is 10.6. The highest BCUT2D eigenvalue weighted by molar-refractivity contribution is 7.90. The van der Waals surface area contributed by atoms with Crippen molar-refractivity contribution >= 4 is 56.5 Å². The number of carbonyl (C=O) groups is 2. The number of ether oxygens (including phenoxy) is 1. The number of benzene rings is 2. The first-order valence-electron chi connectivity index (χ1n) is 7.79. The van der Waals surface area contributed by atoms with Crippen LogP contribution < -0.4 is 20.1 Å². The third-order valence-electron chi connectivity index (χ3n) is 3.15. The number of thiocarbonyl (C=S) groups is 1. The van der Waals surface area contributed by atoms with Gasteiger partial charge in [0, 0.05) is 12.6 Å². The summed E-state index contributed by atoms with van der Waals surface area (Å²) in [6, 6.07) is 12.2. The third-order valence-corrected chi connectivity index (χ3v) is 5.11. The van der Waals surface area contributed by atoms with Crippen molar-refractivity contribution in [2.45, 2.75) is 11.8 Å².